The van der Waals surface area contributed by atoms with Crippen LogP contribution in [0.15, 0.2) is 53.4 Å². The number of hydrogen-bond donors (Lipinski definition) is 3. The van der Waals surface area contributed by atoms with Crippen molar-refractivity contribution in [3.8, 4) is 22.8 Å². The first-order chi connectivity index (χ1) is 27.1. The molecule has 1 aliphatic carbocycles. The van der Waals surface area contributed by atoms with Gasteiger partial charge in [-0.25, -0.2) is 28.5 Å². The van der Waals surface area contributed by atoms with E-state index in [1.54, 1.807) is 12.3 Å². The summed E-state index contributed by atoms with van der Waals surface area (Å²) in [5.41, 5.74) is 0.0224. The average molecular weight is 792 g/mol. The van der Waals surface area contributed by atoms with Gasteiger partial charge in [0, 0.05) is 62.8 Å². The molecule has 3 aliphatic rings. The Balaban J connectivity index is 0.814. The van der Waals surface area contributed by atoms with Crippen molar-refractivity contribution in [1.29, 1.82) is 0 Å². The normalized spacial score (nSPS) is 17.4. The third kappa shape index (κ3) is 7.31. The predicted octanol–water partition coefficient (Wildman–Crippen LogP) is 5.19. The standard InChI is InChI=1S/C37H34F5N11O4/c1-35(2,37(40,41)42)33-47-28(49-50-33)15-46-32(55)27-9-25(51-57-27)31-44-13-22(14-45-31)30-24(39)7-19(12-43-30)16-52-17-36(18-52)10-21(11-36)20-3-4-26(23(38)8-20)53-6-5-29(54)48-34(53)56/h3-4,7-9,12-14,21H,5-6,10-11,15-18H2,1-2H3,(H,46,55)(H,47,49,50)(H,48,54,56). The molecule has 0 bridgehead atoms. The number of hydrogen-bond acceptors (Lipinski definition) is 11. The van der Waals surface area contributed by atoms with E-state index in [0.29, 0.717) is 17.7 Å². The number of aromatic nitrogens is 7. The summed E-state index contributed by atoms with van der Waals surface area (Å²) in [6, 6.07) is 6.99. The summed E-state index contributed by atoms with van der Waals surface area (Å²) in [4.78, 5) is 56.2. The fraction of sp³-hybridized carbons (Fsp3) is 0.378. The minimum absolute atomic E-state index is 0.00772. The monoisotopic (exact) mass is 791 g/mol. The van der Waals surface area contributed by atoms with Gasteiger partial charge < -0.3 is 9.84 Å². The van der Waals surface area contributed by atoms with E-state index in [-0.39, 0.29) is 71.2 Å². The van der Waals surface area contributed by atoms with E-state index < -0.39 is 41.0 Å². The first kappa shape index (κ1) is 37.7. The molecule has 3 N–H and O–H groups in total. The Labute approximate surface area is 320 Å². The first-order valence-electron chi connectivity index (χ1n) is 17.9. The molecule has 296 valence electrons. The number of carbonyl (C=O) groups excluding carboxylic acids is 3. The lowest BCUT2D eigenvalue weighted by Gasteiger charge is -2.59. The fourth-order valence-electron chi connectivity index (χ4n) is 7.42. The van der Waals surface area contributed by atoms with Gasteiger partial charge in [0.2, 0.25) is 11.7 Å². The number of likely N-dealkylation sites (tertiary alicyclic amines) is 1. The number of alkyl halides is 3. The lowest BCUT2D eigenvalue weighted by molar-refractivity contribution is -0.182. The van der Waals surface area contributed by atoms with Crippen molar-refractivity contribution in [1.82, 2.24) is 50.8 Å². The minimum atomic E-state index is -4.57. The van der Waals surface area contributed by atoms with Crippen LogP contribution in [0, 0.1) is 17.0 Å². The maximum atomic E-state index is 15.3. The van der Waals surface area contributed by atoms with Crippen molar-refractivity contribution in [3.05, 3.63) is 89.1 Å². The molecule has 3 fully saturated rings. The quantitative estimate of drug-likeness (QED) is 0.158. The Bertz CT molecular complexity index is 2370. The summed E-state index contributed by atoms with van der Waals surface area (Å²) in [7, 11) is 0. The van der Waals surface area contributed by atoms with Crippen molar-refractivity contribution < 1.29 is 40.9 Å². The summed E-state index contributed by atoms with van der Waals surface area (Å²) in [5, 5.41) is 14.5. The van der Waals surface area contributed by atoms with Crippen LogP contribution in [0.2, 0.25) is 0 Å². The van der Waals surface area contributed by atoms with Crippen molar-refractivity contribution in [3.63, 3.8) is 0 Å². The zero-order chi connectivity index (χ0) is 40.3. The number of benzene rings is 1. The van der Waals surface area contributed by atoms with Gasteiger partial charge in [0.15, 0.2) is 17.3 Å². The van der Waals surface area contributed by atoms with E-state index in [4.69, 9.17) is 4.52 Å². The molecule has 4 amide bonds. The molecule has 0 radical (unpaired) electrons. The van der Waals surface area contributed by atoms with Crippen LogP contribution >= 0.6 is 0 Å². The van der Waals surface area contributed by atoms with Crippen LogP contribution in [0.5, 0.6) is 0 Å². The van der Waals surface area contributed by atoms with Crippen molar-refractivity contribution in [2.24, 2.45) is 5.41 Å². The molecule has 0 unspecified atom stereocenters. The number of nitrogens with one attached hydrogen (secondary N) is 3. The highest BCUT2D eigenvalue weighted by Crippen LogP contribution is 2.56. The second-order valence-corrected chi connectivity index (χ2v) is 15.2. The SMILES string of the molecule is CC(C)(c1n[nH]c(CNC(=O)c2cc(-c3ncc(-c4ncc(CN5CC6(CC(c7ccc(N8CCC(=O)NC8=O)c(F)c7)C6)C5)cc4F)cn3)no2)n1)C(F)(F)F. The van der Waals surface area contributed by atoms with Gasteiger partial charge in [-0.15, -0.1) is 0 Å². The minimum Gasteiger partial charge on any atom is -0.350 e. The van der Waals surface area contributed by atoms with E-state index in [9.17, 15) is 27.6 Å². The summed E-state index contributed by atoms with van der Waals surface area (Å²) >= 11 is 0. The van der Waals surface area contributed by atoms with Crippen LogP contribution in [-0.2, 0) is 23.3 Å². The zero-order valence-electron chi connectivity index (χ0n) is 30.5. The molecule has 8 rings (SSSR count). The largest absolute Gasteiger partial charge is 0.401 e. The third-order valence-electron chi connectivity index (χ3n) is 10.7. The van der Waals surface area contributed by atoms with Crippen LogP contribution in [-0.4, -0.2) is 83.8 Å². The van der Waals surface area contributed by atoms with Crippen molar-refractivity contribution in [2.45, 2.75) is 63.7 Å². The van der Waals surface area contributed by atoms with Gasteiger partial charge in [0.1, 0.15) is 28.6 Å². The Morgan fingerprint density at radius 3 is 2.46 bits per heavy atom. The average Bonchev–Trinajstić information content (AvgIpc) is 3.83. The maximum absolute atomic E-state index is 15.3. The highest BCUT2D eigenvalue weighted by molar-refractivity contribution is 6.05. The predicted molar refractivity (Wildman–Crippen MR) is 189 cm³/mol. The summed E-state index contributed by atoms with van der Waals surface area (Å²) < 4.78 is 75.3. The second kappa shape index (κ2) is 14.1. The van der Waals surface area contributed by atoms with Crippen LogP contribution in [0.3, 0.4) is 0 Å². The van der Waals surface area contributed by atoms with Gasteiger partial charge in [0.05, 0.1) is 12.2 Å². The maximum Gasteiger partial charge on any atom is 0.401 e. The molecule has 1 spiro atoms. The van der Waals surface area contributed by atoms with E-state index in [1.807, 2.05) is 6.07 Å². The Morgan fingerprint density at radius 1 is 1.02 bits per heavy atom. The number of halogens is 5. The number of imide groups is 1. The number of aromatic amines is 1. The first-order valence-corrected chi connectivity index (χ1v) is 17.9. The van der Waals surface area contributed by atoms with E-state index in [1.165, 1.54) is 35.5 Å². The number of carbonyl (C=O) groups is 3. The number of pyridine rings is 1. The van der Waals surface area contributed by atoms with Gasteiger partial charge in [-0.1, -0.05) is 11.2 Å². The molecule has 15 nitrogen and oxygen atoms in total. The van der Waals surface area contributed by atoms with E-state index in [2.05, 4.69) is 50.8 Å². The molecule has 57 heavy (non-hydrogen) atoms. The van der Waals surface area contributed by atoms with Gasteiger partial charge in [-0.2, -0.15) is 18.3 Å². The smallest absolute Gasteiger partial charge is 0.350 e. The molecule has 4 aromatic heterocycles. The molecule has 1 aromatic carbocycles. The molecular weight excluding hydrogens is 757 g/mol. The van der Waals surface area contributed by atoms with Crippen molar-refractivity contribution >= 4 is 23.5 Å². The fourth-order valence-corrected chi connectivity index (χ4v) is 7.42. The Hall–Kier alpha value is -6.18. The number of H-pyrrole nitrogens is 1. The third-order valence-corrected chi connectivity index (χ3v) is 10.7. The highest BCUT2D eigenvalue weighted by Gasteiger charge is 2.53. The molecule has 1 saturated carbocycles. The van der Waals surface area contributed by atoms with E-state index >= 15 is 8.78 Å². The summed E-state index contributed by atoms with van der Waals surface area (Å²) in [6.07, 6.45) is 1.66. The molecule has 20 heteroatoms. The molecule has 2 saturated heterocycles. The Morgan fingerprint density at radius 2 is 1.77 bits per heavy atom. The molecule has 6 heterocycles. The number of amides is 4. The summed E-state index contributed by atoms with van der Waals surface area (Å²) in [6.45, 7) is 3.92. The van der Waals surface area contributed by atoms with Gasteiger partial charge in [0.25, 0.3) is 5.91 Å². The second-order valence-electron chi connectivity index (χ2n) is 15.2. The van der Waals surface area contributed by atoms with Gasteiger partial charge in [-0.05, 0) is 67.3 Å². The van der Waals surface area contributed by atoms with Crippen molar-refractivity contribution in [2.75, 3.05) is 24.5 Å². The number of rotatable bonds is 10. The number of urea groups is 1. The van der Waals surface area contributed by atoms with E-state index in [0.717, 1.165) is 45.3 Å². The van der Waals surface area contributed by atoms with Crippen LogP contribution in [0.1, 0.15) is 72.4 Å². The Kier molecular flexibility index (Phi) is 9.32. The zero-order valence-corrected chi connectivity index (χ0v) is 30.5. The van der Waals surface area contributed by atoms with Crippen LogP contribution in [0.4, 0.5) is 32.4 Å². The van der Waals surface area contributed by atoms with Crippen LogP contribution < -0.4 is 15.5 Å². The molecule has 5 aromatic rings. The lowest BCUT2D eigenvalue weighted by atomic mass is 9.56. The van der Waals surface area contributed by atoms with Crippen LogP contribution in [0.25, 0.3) is 22.8 Å². The molecule has 0 atom stereocenters. The number of nitrogens with zero attached hydrogens (tertiary/aromatic N) is 8. The lowest BCUT2D eigenvalue weighted by Crippen LogP contribution is -2.61. The topological polar surface area (TPSA) is 188 Å². The number of anilines is 1. The molecular formula is C37H34F5N11O4. The summed E-state index contributed by atoms with van der Waals surface area (Å²) in [5.74, 6) is -2.54. The van der Waals surface area contributed by atoms with Gasteiger partial charge in [-0.3, -0.25) is 34.8 Å². The van der Waals surface area contributed by atoms with Gasteiger partial charge >= 0.3 is 12.2 Å². The molecule has 2 aliphatic heterocycles. The highest BCUT2D eigenvalue weighted by atomic mass is 19.4.